The van der Waals surface area contributed by atoms with Gasteiger partial charge in [-0.2, -0.15) is 0 Å². The van der Waals surface area contributed by atoms with Gasteiger partial charge < -0.3 is 15.8 Å². The number of nitrogens with one attached hydrogen (secondary N) is 1. The molecule has 0 aromatic heterocycles. The summed E-state index contributed by atoms with van der Waals surface area (Å²) < 4.78 is 18.3. The first-order valence-electron chi connectivity index (χ1n) is 6.50. The van der Waals surface area contributed by atoms with Gasteiger partial charge in [-0.3, -0.25) is 4.79 Å². The summed E-state index contributed by atoms with van der Waals surface area (Å²) in [6.45, 7) is 3.62. The Balaban J connectivity index is 1.97. The highest BCUT2D eigenvalue weighted by atomic mass is 19.1. The summed E-state index contributed by atoms with van der Waals surface area (Å²) in [7, 11) is 0. The second-order valence-corrected chi connectivity index (χ2v) is 4.83. The second kappa shape index (κ2) is 6.26. The van der Waals surface area contributed by atoms with Gasteiger partial charge >= 0.3 is 0 Å². The van der Waals surface area contributed by atoms with Crippen LogP contribution in [-0.2, 0) is 4.79 Å². The van der Waals surface area contributed by atoms with E-state index >= 15 is 0 Å². The fourth-order valence-corrected chi connectivity index (χ4v) is 2.08. The first-order valence-corrected chi connectivity index (χ1v) is 6.50. The third-order valence-corrected chi connectivity index (χ3v) is 2.96. The molecule has 0 unspecified atom stereocenters. The van der Waals surface area contributed by atoms with Gasteiger partial charge in [-0.05, 0) is 61.4 Å². The predicted molar refractivity (Wildman–Crippen MR) is 80.9 cm³/mol. The largest absolute Gasteiger partial charge is 0.483 e. The molecule has 21 heavy (non-hydrogen) atoms. The Hall–Kier alpha value is -2.56. The number of carbonyl (C=O) groups excluding carboxylic acids is 1. The van der Waals surface area contributed by atoms with Crippen LogP contribution in [0.4, 0.5) is 15.8 Å². The molecule has 0 spiro atoms. The summed E-state index contributed by atoms with van der Waals surface area (Å²) in [5, 5.41) is 2.63. The van der Waals surface area contributed by atoms with Gasteiger partial charge in [0.05, 0.1) is 0 Å². The Morgan fingerprint density at radius 2 is 1.76 bits per heavy atom. The number of ether oxygens (including phenoxy) is 1. The molecule has 5 heteroatoms. The van der Waals surface area contributed by atoms with Crippen LogP contribution in [0.3, 0.4) is 0 Å². The molecule has 2 aromatic rings. The topological polar surface area (TPSA) is 64.3 Å². The van der Waals surface area contributed by atoms with E-state index in [0.29, 0.717) is 17.1 Å². The lowest BCUT2D eigenvalue weighted by molar-refractivity contribution is -0.118. The third-order valence-electron chi connectivity index (χ3n) is 2.96. The summed E-state index contributed by atoms with van der Waals surface area (Å²) in [5.41, 5.74) is 8.67. The van der Waals surface area contributed by atoms with Crippen molar-refractivity contribution in [3.05, 3.63) is 53.3 Å². The van der Waals surface area contributed by atoms with Crippen LogP contribution in [0.2, 0.25) is 0 Å². The third kappa shape index (κ3) is 3.95. The highest BCUT2D eigenvalue weighted by Gasteiger charge is 2.09. The van der Waals surface area contributed by atoms with Gasteiger partial charge in [0.1, 0.15) is 11.6 Å². The molecule has 0 saturated heterocycles. The zero-order valence-corrected chi connectivity index (χ0v) is 11.9. The Bertz CT molecular complexity index is 631. The van der Waals surface area contributed by atoms with E-state index in [9.17, 15) is 9.18 Å². The molecule has 0 radical (unpaired) electrons. The Morgan fingerprint density at radius 3 is 2.33 bits per heavy atom. The highest BCUT2D eigenvalue weighted by Crippen LogP contribution is 2.25. The smallest absolute Gasteiger partial charge is 0.262 e. The molecular weight excluding hydrogens is 271 g/mol. The lowest BCUT2D eigenvalue weighted by atomic mass is 10.1. The summed E-state index contributed by atoms with van der Waals surface area (Å²) in [5.74, 6) is -0.00642. The van der Waals surface area contributed by atoms with Crippen LogP contribution in [0, 0.1) is 19.7 Å². The Kier molecular flexibility index (Phi) is 4.42. The van der Waals surface area contributed by atoms with E-state index in [0.717, 1.165) is 11.1 Å². The normalized spacial score (nSPS) is 10.2. The Labute approximate surface area is 122 Å². The zero-order valence-electron chi connectivity index (χ0n) is 11.9. The van der Waals surface area contributed by atoms with E-state index in [-0.39, 0.29) is 18.3 Å². The fourth-order valence-electron chi connectivity index (χ4n) is 2.08. The summed E-state index contributed by atoms with van der Waals surface area (Å²) in [4.78, 5) is 11.8. The number of amides is 1. The van der Waals surface area contributed by atoms with Gasteiger partial charge in [-0.25, -0.2) is 4.39 Å². The average Bonchev–Trinajstić information content (AvgIpc) is 2.40. The number of anilines is 2. The molecule has 0 aliphatic heterocycles. The maximum Gasteiger partial charge on any atom is 0.262 e. The number of benzene rings is 2. The molecule has 2 aromatic carbocycles. The van der Waals surface area contributed by atoms with E-state index < -0.39 is 0 Å². The van der Waals surface area contributed by atoms with Crippen LogP contribution < -0.4 is 15.8 Å². The van der Waals surface area contributed by atoms with Crippen molar-refractivity contribution in [2.75, 3.05) is 17.7 Å². The monoisotopic (exact) mass is 288 g/mol. The lowest BCUT2D eigenvalue weighted by Crippen LogP contribution is -2.20. The first kappa shape index (κ1) is 14.8. The van der Waals surface area contributed by atoms with Gasteiger partial charge in [0, 0.05) is 11.4 Å². The number of halogens is 1. The standard InChI is InChI=1S/C16H17FN2O2/c1-10-7-13(18)8-11(2)16(10)21-9-15(20)19-14-5-3-12(17)4-6-14/h3-8H,9,18H2,1-2H3,(H,19,20). The van der Waals surface area contributed by atoms with Gasteiger partial charge in [0.15, 0.2) is 6.61 Å². The van der Waals surface area contributed by atoms with E-state index in [1.807, 2.05) is 13.8 Å². The van der Waals surface area contributed by atoms with Crippen molar-refractivity contribution >= 4 is 17.3 Å². The Morgan fingerprint density at radius 1 is 1.19 bits per heavy atom. The minimum Gasteiger partial charge on any atom is -0.483 e. The fraction of sp³-hybridized carbons (Fsp3) is 0.188. The van der Waals surface area contributed by atoms with E-state index in [1.165, 1.54) is 24.3 Å². The minimum atomic E-state index is -0.350. The molecule has 0 heterocycles. The van der Waals surface area contributed by atoms with Crippen molar-refractivity contribution in [2.24, 2.45) is 0 Å². The van der Waals surface area contributed by atoms with Gasteiger partial charge in [-0.1, -0.05) is 0 Å². The van der Waals surface area contributed by atoms with Crippen LogP contribution in [0.15, 0.2) is 36.4 Å². The van der Waals surface area contributed by atoms with E-state index in [4.69, 9.17) is 10.5 Å². The van der Waals surface area contributed by atoms with Crippen molar-refractivity contribution in [3.63, 3.8) is 0 Å². The molecule has 4 nitrogen and oxygen atoms in total. The molecule has 0 atom stereocenters. The average molecular weight is 288 g/mol. The summed E-state index contributed by atoms with van der Waals surface area (Å²) in [6.07, 6.45) is 0. The molecule has 0 aliphatic carbocycles. The van der Waals surface area contributed by atoms with Gasteiger partial charge in [0.2, 0.25) is 0 Å². The van der Waals surface area contributed by atoms with Gasteiger partial charge in [-0.15, -0.1) is 0 Å². The molecule has 0 bridgehead atoms. The molecule has 0 fully saturated rings. The number of nitrogens with two attached hydrogens (primary N) is 1. The maximum absolute atomic E-state index is 12.8. The van der Waals surface area contributed by atoms with Crippen LogP contribution >= 0.6 is 0 Å². The molecule has 2 rings (SSSR count). The number of carbonyl (C=O) groups is 1. The molecule has 1 amide bonds. The molecule has 0 aliphatic rings. The molecular formula is C16H17FN2O2. The van der Waals surface area contributed by atoms with Crippen LogP contribution in [-0.4, -0.2) is 12.5 Å². The first-order chi connectivity index (χ1) is 9.95. The van der Waals surface area contributed by atoms with Crippen molar-refractivity contribution in [2.45, 2.75) is 13.8 Å². The number of hydrogen-bond donors (Lipinski definition) is 2. The molecule has 110 valence electrons. The van der Waals surface area contributed by atoms with Crippen molar-refractivity contribution in [1.29, 1.82) is 0 Å². The van der Waals surface area contributed by atoms with Crippen molar-refractivity contribution in [3.8, 4) is 5.75 Å². The van der Waals surface area contributed by atoms with Crippen molar-refractivity contribution < 1.29 is 13.9 Å². The highest BCUT2D eigenvalue weighted by molar-refractivity contribution is 5.91. The molecule has 0 saturated carbocycles. The summed E-state index contributed by atoms with van der Waals surface area (Å²) in [6, 6.07) is 9.13. The van der Waals surface area contributed by atoms with E-state index in [1.54, 1.807) is 12.1 Å². The quantitative estimate of drug-likeness (QED) is 0.850. The second-order valence-electron chi connectivity index (χ2n) is 4.83. The number of hydrogen-bond acceptors (Lipinski definition) is 3. The number of nitrogen functional groups attached to an aromatic ring is 1. The van der Waals surface area contributed by atoms with Crippen molar-refractivity contribution in [1.82, 2.24) is 0 Å². The lowest BCUT2D eigenvalue weighted by Gasteiger charge is -2.13. The van der Waals surface area contributed by atoms with E-state index in [2.05, 4.69) is 5.32 Å². The zero-order chi connectivity index (χ0) is 15.4. The SMILES string of the molecule is Cc1cc(N)cc(C)c1OCC(=O)Nc1ccc(F)cc1. The van der Waals surface area contributed by atoms with Crippen LogP contribution in [0.1, 0.15) is 11.1 Å². The predicted octanol–water partition coefficient (Wildman–Crippen LogP) is 3.04. The van der Waals surface area contributed by atoms with Crippen LogP contribution in [0.25, 0.3) is 0 Å². The summed E-state index contributed by atoms with van der Waals surface area (Å²) >= 11 is 0. The number of rotatable bonds is 4. The van der Waals surface area contributed by atoms with Crippen LogP contribution in [0.5, 0.6) is 5.75 Å². The maximum atomic E-state index is 12.8. The minimum absolute atomic E-state index is 0.122. The molecule has 3 N–H and O–H groups in total. The van der Waals surface area contributed by atoms with Gasteiger partial charge in [0.25, 0.3) is 5.91 Å². The number of aryl methyl sites for hydroxylation is 2.